The highest BCUT2D eigenvalue weighted by atomic mass is 19.2. The van der Waals surface area contributed by atoms with Gasteiger partial charge >= 0.3 is 0 Å². The maximum absolute atomic E-state index is 13.4. The van der Waals surface area contributed by atoms with E-state index in [1.54, 1.807) is 17.3 Å². The van der Waals surface area contributed by atoms with Crippen molar-refractivity contribution in [1.82, 2.24) is 19.9 Å². The minimum atomic E-state index is -1.03. The van der Waals surface area contributed by atoms with Crippen molar-refractivity contribution in [2.45, 2.75) is 13.0 Å². The van der Waals surface area contributed by atoms with Crippen LogP contribution in [-0.4, -0.2) is 32.3 Å². The molecule has 3 aromatic rings. The number of pyridine rings is 1. The van der Waals surface area contributed by atoms with Crippen molar-refractivity contribution in [3.05, 3.63) is 77.2 Å². The monoisotopic (exact) mass is 352 g/mol. The van der Waals surface area contributed by atoms with Gasteiger partial charge in [-0.15, -0.1) is 0 Å². The van der Waals surface area contributed by atoms with Gasteiger partial charge < -0.3 is 4.90 Å². The van der Waals surface area contributed by atoms with Gasteiger partial charge in [-0.2, -0.15) is 0 Å². The maximum atomic E-state index is 13.4. The first-order chi connectivity index (χ1) is 12.6. The lowest BCUT2D eigenvalue weighted by Crippen LogP contribution is -2.36. The largest absolute Gasteiger partial charge is 0.334 e. The average Bonchev–Trinajstić information content (AvgIpc) is 2.69. The Kier molecular flexibility index (Phi) is 4.12. The summed E-state index contributed by atoms with van der Waals surface area (Å²) in [6.45, 7) is 0.777. The van der Waals surface area contributed by atoms with Crippen LogP contribution in [0.5, 0.6) is 0 Å². The molecule has 26 heavy (non-hydrogen) atoms. The third-order valence-corrected chi connectivity index (χ3v) is 4.28. The van der Waals surface area contributed by atoms with Crippen molar-refractivity contribution in [3.8, 4) is 11.5 Å². The van der Waals surface area contributed by atoms with Crippen molar-refractivity contribution < 1.29 is 13.6 Å². The standard InChI is InChI=1S/C19H14F2N4O/c20-14-5-4-12(9-15(14)21)19(26)25-8-6-16-13(11-25)10-23-18(24-16)17-3-1-2-7-22-17/h1-5,7,9-10H,6,8,11H2. The van der Waals surface area contributed by atoms with Crippen LogP contribution in [0.15, 0.2) is 48.8 Å². The Bertz CT molecular complexity index is 979. The van der Waals surface area contributed by atoms with E-state index in [-0.39, 0.29) is 11.5 Å². The second-order valence-electron chi connectivity index (χ2n) is 5.99. The van der Waals surface area contributed by atoms with Crippen LogP contribution in [0, 0.1) is 11.6 Å². The number of nitrogens with zero attached hydrogens (tertiary/aromatic N) is 4. The number of rotatable bonds is 2. The summed E-state index contributed by atoms with van der Waals surface area (Å²) in [6.07, 6.45) is 3.94. The molecule has 0 atom stereocenters. The number of halogens is 2. The molecule has 0 bridgehead atoms. The van der Waals surface area contributed by atoms with E-state index in [0.717, 1.165) is 23.4 Å². The molecule has 0 N–H and O–H groups in total. The molecule has 4 rings (SSSR count). The molecular weight excluding hydrogens is 338 g/mol. The molecule has 5 nitrogen and oxygen atoms in total. The smallest absolute Gasteiger partial charge is 0.254 e. The summed E-state index contributed by atoms with van der Waals surface area (Å²) in [5.41, 5.74) is 2.52. The molecule has 0 saturated heterocycles. The summed E-state index contributed by atoms with van der Waals surface area (Å²) < 4.78 is 26.4. The Morgan fingerprint density at radius 3 is 2.73 bits per heavy atom. The predicted octanol–water partition coefficient (Wildman–Crippen LogP) is 3.02. The highest BCUT2D eigenvalue weighted by Crippen LogP contribution is 2.21. The fraction of sp³-hybridized carbons (Fsp3) is 0.158. The molecule has 3 heterocycles. The Morgan fingerprint density at radius 2 is 1.96 bits per heavy atom. The van der Waals surface area contributed by atoms with Gasteiger partial charge in [0.1, 0.15) is 5.69 Å². The van der Waals surface area contributed by atoms with E-state index < -0.39 is 11.6 Å². The second kappa shape index (κ2) is 6.59. The zero-order chi connectivity index (χ0) is 18.1. The van der Waals surface area contributed by atoms with Crippen LogP contribution in [-0.2, 0) is 13.0 Å². The Hall–Kier alpha value is -3.22. The molecule has 1 aliphatic heterocycles. The minimum Gasteiger partial charge on any atom is -0.334 e. The van der Waals surface area contributed by atoms with Crippen LogP contribution in [0.2, 0.25) is 0 Å². The molecule has 2 aromatic heterocycles. The van der Waals surface area contributed by atoms with E-state index in [4.69, 9.17) is 0 Å². The predicted molar refractivity (Wildman–Crippen MR) is 90.1 cm³/mol. The van der Waals surface area contributed by atoms with Gasteiger partial charge in [0, 0.05) is 43.0 Å². The first-order valence-corrected chi connectivity index (χ1v) is 8.12. The minimum absolute atomic E-state index is 0.123. The van der Waals surface area contributed by atoms with Crippen LogP contribution < -0.4 is 0 Å². The van der Waals surface area contributed by atoms with Gasteiger partial charge in [-0.1, -0.05) is 6.07 Å². The number of amides is 1. The summed E-state index contributed by atoms with van der Waals surface area (Å²) in [4.78, 5) is 27.3. The lowest BCUT2D eigenvalue weighted by Gasteiger charge is -2.28. The normalized spacial score (nSPS) is 13.4. The summed E-state index contributed by atoms with van der Waals surface area (Å²) in [7, 11) is 0. The molecule has 1 amide bonds. The zero-order valence-corrected chi connectivity index (χ0v) is 13.7. The first-order valence-electron chi connectivity index (χ1n) is 8.12. The third-order valence-electron chi connectivity index (χ3n) is 4.28. The maximum Gasteiger partial charge on any atom is 0.254 e. The number of aromatic nitrogens is 3. The molecule has 0 saturated carbocycles. The van der Waals surface area contributed by atoms with E-state index in [1.807, 2.05) is 18.2 Å². The second-order valence-corrected chi connectivity index (χ2v) is 5.99. The van der Waals surface area contributed by atoms with Crippen LogP contribution in [0.25, 0.3) is 11.5 Å². The molecule has 0 aliphatic carbocycles. The van der Waals surface area contributed by atoms with E-state index in [0.29, 0.717) is 31.0 Å². The van der Waals surface area contributed by atoms with Gasteiger partial charge in [-0.3, -0.25) is 9.78 Å². The lowest BCUT2D eigenvalue weighted by atomic mass is 10.1. The summed E-state index contributed by atoms with van der Waals surface area (Å²) in [5, 5.41) is 0. The van der Waals surface area contributed by atoms with Crippen LogP contribution in [0.4, 0.5) is 8.78 Å². The molecule has 0 fully saturated rings. The number of hydrogen-bond donors (Lipinski definition) is 0. The van der Waals surface area contributed by atoms with Gasteiger partial charge in [0.2, 0.25) is 0 Å². The Morgan fingerprint density at radius 1 is 1.08 bits per heavy atom. The highest BCUT2D eigenvalue weighted by molar-refractivity contribution is 5.94. The van der Waals surface area contributed by atoms with Crippen molar-refractivity contribution in [3.63, 3.8) is 0 Å². The molecule has 0 unspecified atom stereocenters. The zero-order valence-electron chi connectivity index (χ0n) is 13.7. The van der Waals surface area contributed by atoms with Crippen molar-refractivity contribution >= 4 is 5.91 Å². The SMILES string of the molecule is O=C(c1ccc(F)c(F)c1)N1CCc2nc(-c3ccccn3)ncc2C1. The van der Waals surface area contributed by atoms with Gasteiger partial charge in [-0.05, 0) is 30.3 Å². The van der Waals surface area contributed by atoms with Gasteiger partial charge in [0.15, 0.2) is 17.5 Å². The first kappa shape index (κ1) is 16.3. The Labute approximate surface area is 148 Å². The number of carbonyl (C=O) groups excluding carboxylic acids is 1. The third kappa shape index (κ3) is 3.03. The molecule has 7 heteroatoms. The topological polar surface area (TPSA) is 59.0 Å². The molecule has 0 spiro atoms. The van der Waals surface area contributed by atoms with Gasteiger partial charge in [0.25, 0.3) is 5.91 Å². The summed E-state index contributed by atoms with van der Waals surface area (Å²) >= 11 is 0. The van der Waals surface area contributed by atoms with Gasteiger partial charge in [-0.25, -0.2) is 18.7 Å². The van der Waals surface area contributed by atoms with Crippen LogP contribution in [0.1, 0.15) is 21.6 Å². The molecule has 130 valence electrons. The van der Waals surface area contributed by atoms with Crippen molar-refractivity contribution in [2.24, 2.45) is 0 Å². The van der Waals surface area contributed by atoms with E-state index in [9.17, 15) is 13.6 Å². The highest BCUT2D eigenvalue weighted by Gasteiger charge is 2.24. The number of hydrogen-bond acceptors (Lipinski definition) is 4. The molecule has 0 radical (unpaired) electrons. The fourth-order valence-corrected chi connectivity index (χ4v) is 2.92. The van der Waals surface area contributed by atoms with Gasteiger partial charge in [0.05, 0.1) is 5.69 Å². The lowest BCUT2D eigenvalue weighted by molar-refractivity contribution is 0.0732. The number of carbonyl (C=O) groups is 1. The summed E-state index contributed by atoms with van der Waals surface area (Å²) in [6, 6.07) is 8.70. The van der Waals surface area contributed by atoms with Crippen LogP contribution >= 0.6 is 0 Å². The molecule has 1 aromatic carbocycles. The van der Waals surface area contributed by atoms with Crippen molar-refractivity contribution in [1.29, 1.82) is 0 Å². The fourth-order valence-electron chi connectivity index (χ4n) is 2.92. The van der Waals surface area contributed by atoms with E-state index >= 15 is 0 Å². The number of fused-ring (bicyclic) bond motifs is 1. The quantitative estimate of drug-likeness (QED) is 0.711. The molecule has 1 aliphatic rings. The van der Waals surface area contributed by atoms with E-state index in [1.165, 1.54) is 6.07 Å². The van der Waals surface area contributed by atoms with E-state index in [2.05, 4.69) is 15.0 Å². The average molecular weight is 352 g/mol. The van der Waals surface area contributed by atoms with Crippen LogP contribution in [0.3, 0.4) is 0 Å². The van der Waals surface area contributed by atoms with Crippen molar-refractivity contribution in [2.75, 3.05) is 6.54 Å². The molecular formula is C19H14F2N4O. The summed E-state index contributed by atoms with van der Waals surface area (Å²) in [5.74, 6) is -1.80. The Balaban J connectivity index is 1.56. The number of benzene rings is 1.